The van der Waals surface area contributed by atoms with Gasteiger partial charge >= 0.3 is 0 Å². The zero-order chi connectivity index (χ0) is 16.6. The molecule has 3 fully saturated rings. The van der Waals surface area contributed by atoms with Gasteiger partial charge in [-0.25, -0.2) is 0 Å². The number of amides is 1. The predicted octanol–water partition coefficient (Wildman–Crippen LogP) is 1.02. The van der Waals surface area contributed by atoms with Crippen LogP contribution in [0.15, 0.2) is 6.20 Å². The van der Waals surface area contributed by atoms with Gasteiger partial charge in [0.15, 0.2) is 0 Å². The smallest absolute Gasteiger partial charge is 0.237 e. The summed E-state index contributed by atoms with van der Waals surface area (Å²) in [4.78, 5) is 17.2. The normalized spacial score (nSPS) is 29.0. The number of hydrogen-bond acceptors (Lipinski definition) is 5. The number of piperidine rings is 1. The van der Waals surface area contributed by atoms with Gasteiger partial charge in [-0.3, -0.25) is 9.69 Å². The molecule has 0 bridgehead atoms. The van der Waals surface area contributed by atoms with Crippen molar-refractivity contribution in [2.24, 2.45) is 0 Å². The van der Waals surface area contributed by atoms with E-state index in [0.29, 0.717) is 37.3 Å². The van der Waals surface area contributed by atoms with Crippen LogP contribution in [0.4, 0.5) is 0 Å². The second kappa shape index (κ2) is 6.44. The third kappa shape index (κ3) is 3.19. The molecular weight excluding hydrogens is 306 g/mol. The van der Waals surface area contributed by atoms with Crippen LogP contribution in [0.2, 0.25) is 0 Å². The van der Waals surface area contributed by atoms with Gasteiger partial charge in [0, 0.05) is 18.6 Å². The topological polar surface area (TPSA) is 85.3 Å². The molecule has 7 nitrogen and oxygen atoms in total. The fraction of sp³-hybridized carbons (Fsp3) is 0.824. The molecule has 3 aliphatic rings. The lowest BCUT2D eigenvalue weighted by Crippen LogP contribution is -2.51. The Morgan fingerprint density at radius 3 is 2.71 bits per heavy atom. The number of carbonyl (C=O) groups is 1. The van der Waals surface area contributed by atoms with Crippen molar-refractivity contribution >= 4 is 5.91 Å². The zero-order valence-corrected chi connectivity index (χ0v) is 14.2. The van der Waals surface area contributed by atoms with Crippen LogP contribution in [0.5, 0.6) is 0 Å². The average molecular weight is 333 g/mol. The molecule has 0 spiro atoms. The lowest BCUT2D eigenvalue weighted by molar-refractivity contribution is -0.137. The predicted molar refractivity (Wildman–Crippen MR) is 88.1 cm³/mol. The highest BCUT2D eigenvalue weighted by atomic mass is 16.3. The first-order chi connectivity index (χ1) is 11.7. The summed E-state index contributed by atoms with van der Waals surface area (Å²) in [5.41, 5.74) is -0.418. The minimum atomic E-state index is -0.997. The maximum absolute atomic E-state index is 12.9. The summed E-state index contributed by atoms with van der Waals surface area (Å²) in [6.45, 7) is 1.72. The number of carbonyl (C=O) groups excluding carboxylic acids is 1. The van der Waals surface area contributed by atoms with Crippen molar-refractivity contribution in [2.75, 3.05) is 19.6 Å². The number of rotatable bonds is 5. The Morgan fingerprint density at radius 2 is 2.04 bits per heavy atom. The lowest BCUT2D eigenvalue weighted by Gasteiger charge is -2.39. The molecule has 2 N–H and O–H groups in total. The Balaban J connectivity index is 1.41. The summed E-state index contributed by atoms with van der Waals surface area (Å²) >= 11 is 0. The Labute approximate surface area is 142 Å². The molecule has 7 heteroatoms. The van der Waals surface area contributed by atoms with E-state index >= 15 is 0 Å². The molecule has 1 aromatic rings. The highest BCUT2D eigenvalue weighted by Crippen LogP contribution is 2.35. The molecule has 2 saturated carbocycles. The second-order valence-corrected chi connectivity index (χ2v) is 7.67. The van der Waals surface area contributed by atoms with Crippen LogP contribution in [0.25, 0.3) is 0 Å². The third-order valence-electron chi connectivity index (χ3n) is 5.75. The number of hydrogen-bond donors (Lipinski definition) is 2. The minimum Gasteiger partial charge on any atom is -0.382 e. The van der Waals surface area contributed by atoms with E-state index in [0.717, 1.165) is 38.6 Å². The van der Waals surface area contributed by atoms with Crippen molar-refractivity contribution in [2.45, 2.75) is 69.1 Å². The molecular formula is C17H27N5O2. The molecule has 4 rings (SSSR count). The molecule has 0 radical (unpaired) electrons. The van der Waals surface area contributed by atoms with Crippen LogP contribution in [0, 0.1) is 0 Å². The number of aliphatic hydroxyl groups is 1. The van der Waals surface area contributed by atoms with E-state index in [1.807, 2.05) is 0 Å². The SMILES string of the molecule is O=C(CN1CCC[C@@](O)(c2cn[nH]n2)C1)N(C1CCCC1)C1CC1. The summed E-state index contributed by atoms with van der Waals surface area (Å²) in [5, 5.41) is 21.3. The van der Waals surface area contributed by atoms with Gasteiger partial charge in [-0.15, -0.1) is 0 Å². The molecule has 0 unspecified atom stereocenters. The van der Waals surface area contributed by atoms with Crippen LogP contribution in [-0.2, 0) is 10.4 Å². The monoisotopic (exact) mass is 333 g/mol. The number of nitrogens with zero attached hydrogens (tertiary/aromatic N) is 4. The van der Waals surface area contributed by atoms with Crippen molar-refractivity contribution in [3.05, 3.63) is 11.9 Å². The van der Waals surface area contributed by atoms with E-state index in [-0.39, 0.29) is 5.91 Å². The van der Waals surface area contributed by atoms with E-state index in [9.17, 15) is 9.90 Å². The number of aromatic nitrogens is 3. The van der Waals surface area contributed by atoms with E-state index < -0.39 is 5.60 Å². The van der Waals surface area contributed by atoms with Gasteiger partial charge in [0.1, 0.15) is 11.3 Å². The summed E-state index contributed by atoms with van der Waals surface area (Å²) in [5.74, 6) is 0.244. The van der Waals surface area contributed by atoms with Crippen molar-refractivity contribution in [1.29, 1.82) is 0 Å². The number of aromatic amines is 1. The first-order valence-corrected chi connectivity index (χ1v) is 9.28. The van der Waals surface area contributed by atoms with Gasteiger partial charge in [-0.05, 0) is 45.1 Å². The number of likely N-dealkylation sites (tertiary alicyclic amines) is 1. The third-order valence-corrected chi connectivity index (χ3v) is 5.75. The van der Waals surface area contributed by atoms with Crippen molar-refractivity contribution in [1.82, 2.24) is 25.2 Å². The summed E-state index contributed by atoms with van der Waals surface area (Å²) in [7, 11) is 0. The molecule has 2 aliphatic carbocycles. The van der Waals surface area contributed by atoms with Crippen molar-refractivity contribution < 1.29 is 9.90 Å². The van der Waals surface area contributed by atoms with Gasteiger partial charge in [-0.2, -0.15) is 15.4 Å². The summed E-state index contributed by atoms with van der Waals surface area (Å²) in [6.07, 6.45) is 10.2. The van der Waals surface area contributed by atoms with Crippen LogP contribution < -0.4 is 0 Å². The number of β-amino-alcohol motifs (C(OH)–C–C–N with tert-alkyl or cyclic N) is 1. The lowest BCUT2D eigenvalue weighted by atomic mass is 9.90. The Hall–Kier alpha value is -1.47. The van der Waals surface area contributed by atoms with E-state index in [1.165, 1.54) is 12.8 Å². The molecule has 1 aromatic heterocycles. The van der Waals surface area contributed by atoms with Crippen LogP contribution >= 0.6 is 0 Å². The maximum Gasteiger partial charge on any atom is 0.237 e. The van der Waals surface area contributed by atoms with Gasteiger partial charge in [-0.1, -0.05) is 12.8 Å². The van der Waals surface area contributed by atoms with Crippen molar-refractivity contribution in [3.63, 3.8) is 0 Å². The highest BCUT2D eigenvalue weighted by Gasteiger charge is 2.41. The molecule has 24 heavy (non-hydrogen) atoms. The summed E-state index contributed by atoms with van der Waals surface area (Å²) < 4.78 is 0. The van der Waals surface area contributed by atoms with Crippen molar-refractivity contribution in [3.8, 4) is 0 Å². The van der Waals surface area contributed by atoms with Crippen LogP contribution in [-0.4, -0.2) is 67.9 Å². The molecule has 1 amide bonds. The molecule has 132 valence electrons. The maximum atomic E-state index is 12.9. The van der Waals surface area contributed by atoms with Gasteiger partial charge in [0.05, 0.1) is 12.7 Å². The van der Waals surface area contributed by atoms with Crippen LogP contribution in [0.3, 0.4) is 0 Å². The van der Waals surface area contributed by atoms with Gasteiger partial charge in [0.2, 0.25) is 5.91 Å². The first kappa shape index (κ1) is 16.0. The van der Waals surface area contributed by atoms with Crippen LogP contribution in [0.1, 0.15) is 57.1 Å². The second-order valence-electron chi connectivity index (χ2n) is 7.67. The molecule has 1 aliphatic heterocycles. The minimum absolute atomic E-state index is 0.244. The van der Waals surface area contributed by atoms with Gasteiger partial charge < -0.3 is 10.0 Å². The van der Waals surface area contributed by atoms with E-state index in [2.05, 4.69) is 25.2 Å². The fourth-order valence-electron chi connectivity index (χ4n) is 4.41. The first-order valence-electron chi connectivity index (χ1n) is 9.28. The Morgan fingerprint density at radius 1 is 1.29 bits per heavy atom. The van der Waals surface area contributed by atoms with E-state index in [1.54, 1.807) is 6.20 Å². The Kier molecular flexibility index (Phi) is 4.30. The molecule has 1 saturated heterocycles. The Bertz CT molecular complexity index is 568. The quantitative estimate of drug-likeness (QED) is 0.840. The molecule has 2 heterocycles. The standard InChI is InChI=1S/C17H27N5O2/c23-16(22(14-6-7-14)13-4-1-2-5-13)11-21-9-3-8-17(24,12-21)15-10-18-20-19-15/h10,13-14,24H,1-9,11-12H2,(H,18,19,20)/t17-/m0/s1. The largest absolute Gasteiger partial charge is 0.382 e. The zero-order valence-electron chi connectivity index (χ0n) is 14.2. The fourth-order valence-corrected chi connectivity index (χ4v) is 4.41. The van der Waals surface area contributed by atoms with Gasteiger partial charge in [0.25, 0.3) is 0 Å². The molecule has 1 atom stereocenters. The number of nitrogens with one attached hydrogen (secondary N) is 1. The number of H-pyrrole nitrogens is 1. The average Bonchev–Trinajstić information content (AvgIpc) is 3.05. The van der Waals surface area contributed by atoms with E-state index in [4.69, 9.17) is 0 Å². The highest BCUT2D eigenvalue weighted by molar-refractivity contribution is 5.79. The summed E-state index contributed by atoms with van der Waals surface area (Å²) in [6, 6.07) is 0.920. The molecule has 0 aromatic carbocycles.